The van der Waals surface area contributed by atoms with Crippen molar-refractivity contribution in [3.8, 4) is 5.75 Å². The number of ether oxygens (including phenoxy) is 1. The second kappa shape index (κ2) is 2.79. The Kier molecular flexibility index (Phi) is 1.77. The molecule has 0 fully saturated rings. The Hall–Kier alpha value is -1.03. The standard InChI is InChI=1S/C8H6BrNO2/c1-11-5-2-3-7-6(4-5)8(9)12-10-7/h2-4H,1H3. The Labute approximate surface area is 77.4 Å². The molecule has 0 spiro atoms. The molecular formula is C8H6BrNO2. The molecule has 1 aromatic carbocycles. The van der Waals surface area contributed by atoms with Gasteiger partial charge >= 0.3 is 0 Å². The molecule has 0 radical (unpaired) electrons. The van der Waals surface area contributed by atoms with Gasteiger partial charge in [0.05, 0.1) is 12.5 Å². The first kappa shape index (κ1) is 7.61. The number of nitrogens with zero attached hydrogens (tertiary/aromatic N) is 1. The van der Waals surface area contributed by atoms with Crippen LogP contribution in [0.4, 0.5) is 0 Å². The molecule has 0 unspecified atom stereocenters. The smallest absolute Gasteiger partial charge is 0.209 e. The Morgan fingerprint density at radius 1 is 1.50 bits per heavy atom. The molecular weight excluding hydrogens is 222 g/mol. The maximum atomic E-state index is 5.06. The summed E-state index contributed by atoms with van der Waals surface area (Å²) in [4.78, 5) is 0. The Morgan fingerprint density at radius 3 is 3.08 bits per heavy atom. The van der Waals surface area contributed by atoms with Gasteiger partial charge in [-0.2, -0.15) is 0 Å². The van der Waals surface area contributed by atoms with E-state index in [2.05, 4.69) is 21.1 Å². The predicted molar refractivity (Wildman–Crippen MR) is 48.3 cm³/mol. The third kappa shape index (κ3) is 1.08. The van der Waals surface area contributed by atoms with E-state index in [1.165, 1.54) is 0 Å². The van der Waals surface area contributed by atoms with Gasteiger partial charge in [-0.25, -0.2) is 0 Å². The first-order valence-electron chi connectivity index (χ1n) is 3.40. The van der Waals surface area contributed by atoms with Crippen molar-refractivity contribution in [2.45, 2.75) is 0 Å². The van der Waals surface area contributed by atoms with Crippen molar-refractivity contribution in [1.82, 2.24) is 5.16 Å². The second-order valence-corrected chi connectivity index (χ2v) is 3.06. The molecule has 0 aliphatic carbocycles. The fourth-order valence-electron chi connectivity index (χ4n) is 1.02. The van der Waals surface area contributed by atoms with Crippen LogP contribution in [0.2, 0.25) is 0 Å². The fourth-order valence-corrected chi connectivity index (χ4v) is 1.41. The van der Waals surface area contributed by atoms with Crippen molar-refractivity contribution >= 4 is 26.8 Å². The second-order valence-electron chi connectivity index (χ2n) is 2.34. The summed E-state index contributed by atoms with van der Waals surface area (Å²) in [6.45, 7) is 0. The minimum Gasteiger partial charge on any atom is -0.497 e. The number of fused-ring (bicyclic) bond motifs is 1. The Morgan fingerprint density at radius 2 is 2.33 bits per heavy atom. The van der Waals surface area contributed by atoms with Gasteiger partial charge in [0.1, 0.15) is 11.3 Å². The summed E-state index contributed by atoms with van der Waals surface area (Å²) in [5.74, 6) is 0.798. The molecule has 2 rings (SSSR count). The molecule has 0 bridgehead atoms. The minimum absolute atomic E-state index is 0.636. The van der Waals surface area contributed by atoms with E-state index in [1.54, 1.807) is 7.11 Å². The van der Waals surface area contributed by atoms with Crippen molar-refractivity contribution in [3.05, 3.63) is 22.9 Å². The highest BCUT2D eigenvalue weighted by atomic mass is 79.9. The fraction of sp³-hybridized carbons (Fsp3) is 0.125. The molecule has 1 aromatic heterocycles. The summed E-state index contributed by atoms with van der Waals surface area (Å²) in [6.07, 6.45) is 0. The van der Waals surface area contributed by atoms with Crippen molar-refractivity contribution < 1.29 is 9.26 Å². The average Bonchev–Trinajstić information content (AvgIpc) is 2.47. The average molecular weight is 228 g/mol. The lowest BCUT2D eigenvalue weighted by Crippen LogP contribution is -1.80. The van der Waals surface area contributed by atoms with Crippen LogP contribution in [0.25, 0.3) is 10.9 Å². The molecule has 62 valence electrons. The zero-order chi connectivity index (χ0) is 8.55. The van der Waals surface area contributed by atoms with Gasteiger partial charge in [-0.05, 0) is 34.1 Å². The summed E-state index contributed by atoms with van der Waals surface area (Å²) in [7, 11) is 1.63. The molecule has 1 heterocycles. The van der Waals surface area contributed by atoms with Crippen LogP contribution in [-0.4, -0.2) is 12.3 Å². The number of aromatic nitrogens is 1. The Bertz CT molecular complexity index is 410. The van der Waals surface area contributed by atoms with Gasteiger partial charge in [-0.1, -0.05) is 5.16 Å². The number of benzene rings is 1. The molecule has 12 heavy (non-hydrogen) atoms. The van der Waals surface area contributed by atoms with Gasteiger partial charge < -0.3 is 9.26 Å². The molecule has 0 atom stereocenters. The SMILES string of the molecule is COc1ccc2noc(Br)c2c1. The van der Waals surface area contributed by atoms with E-state index in [0.29, 0.717) is 4.67 Å². The highest BCUT2D eigenvalue weighted by Crippen LogP contribution is 2.26. The van der Waals surface area contributed by atoms with Crippen molar-refractivity contribution in [2.24, 2.45) is 0 Å². The topological polar surface area (TPSA) is 35.3 Å². The first-order valence-corrected chi connectivity index (χ1v) is 4.19. The molecule has 0 saturated heterocycles. The van der Waals surface area contributed by atoms with Crippen LogP contribution in [0, 0.1) is 0 Å². The molecule has 0 aliphatic rings. The summed E-state index contributed by atoms with van der Waals surface area (Å²) in [6, 6.07) is 5.57. The van der Waals surface area contributed by atoms with Gasteiger partial charge in [0, 0.05) is 0 Å². The third-order valence-corrected chi connectivity index (χ3v) is 2.21. The van der Waals surface area contributed by atoms with E-state index in [9.17, 15) is 0 Å². The molecule has 3 nitrogen and oxygen atoms in total. The summed E-state index contributed by atoms with van der Waals surface area (Å²) < 4.78 is 10.6. The number of halogens is 1. The Balaban J connectivity index is 2.71. The van der Waals surface area contributed by atoms with E-state index >= 15 is 0 Å². The van der Waals surface area contributed by atoms with E-state index < -0.39 is 0 Å². The highest BCUT2D eigenvalue weighted by molar-refractivity contribution is 9.10. The third-order valence-electron chi connectivity index (χ3n) is 1.64. The van der Waals surface area contributed by atoms with Crippen molar-refractivity contribution in [3.63, 3.8) is 0 Å². The minimum atomic E-state index is 0.636. The van der Waals surface area contributed by atoms with E-state index in [1.807, 2.05) is 18.2 Å². The summed E-state index contributed by atoms with van der Waals surface area (Å²) >= 11 is 3.25. The molecule has 0 aliphatic heterocycles. The van der Waals surface area contributed by atoms with Gasteiger partial charge in [0.15, 0.2) is 0 Å². The van der Waals surface area contributed by atoms with Crippen molar-refractivity contribution in [2.75, 3.05) is 7.11 Å². The predicted octanol–water partition coefficient (Wildman–Crippen LogP) is 2.60. The first-order chi connectivity index (χ1) is 5.81. The van der Waals surface area contributed by atoms with Crippen molar-refractivity contribution in [1.29, 1.82) is 0 Å². The lowest BCUT2D eigenvalue weighted by atomic mass is 10.2. The number of hydrogen-bond acceptors (Lipinski definition) is 3. The monoisotopic (exact) mass is 227 g/mol. The van der Waals surface area contributed by atoms with E-state index in [0.717, 1.165) is 16.7 Å². The molecule has 2 aromatic rings. The maximum Gasteiger partial charge on any atom is 0.209 e. The largest absolute Gasteiger partial charge is 0.497 e. The number of hydrogen-bond donors (Lipinski definition) is 0. The normalized spacial score (nSPS) is 10.5. The summed E-state index contributed by atoms with van der Waals surface area (Å²) in [5, 5.41) is 4.74. The van der Waals surface area contributed by atoms with E-state index in [4.69, 9.17) is 9.26 Å². The van der Waals surface area contributed by atoms with Gasteiger partial charge in [0.2, 0.25) is 4.67 Å². The number of methoxy groups -OCH3 is 1. The number of rotatable bonds is 1. The van der Waals surface area contributed by atoms with Crippen LogP contribution >= 0.6 is 15.9 Å². The lowest BCUT2D eigenvalue weighted by molar-refractivity contribution is 0.408. The quantitative estimate of drug-likeness (QED) is 0.752. The van der Waals surface area contributed by atoms with Gasteiger partial charge in [-0.3, -0.25) is 0 Å². The van der Waals surface area contributed by atoms with Crippen LogP contribution < -0.4 is 4.74 Å². The maximum absolute atomic E-state index is 5.06. The highest BCUT2D eigenvalue weighted by Gasteiger charge is 2.05. The summed E-state index contributed by atoms with van der Waals surface area (Å²) in [5.41, 5.74) is 0.822. The van der Waals surface area contributed by atoms with Crippen LogP contribution in [0.1, 0.15) is 0 Å². The molecule has 0 amide bonds. The zero-order valence-electron chi connectivity index (χ0n) is 6.37. The van der Waals surface area contributed by atoms with Crippen LogP contribution in [0.3, 0.4) is 0 Å². The molecule has 4 heteroatoms. The van der Waals surface area contributed by atoms with Gasteiger partial charge in [0.25, 0.3) is 0 Å². The van der Waals surface area contributed by atoms with E-state index in [-0.39, 0.29) is 0 Å². The van der Waals surface area contributed by atoms with Crippen LogP contribution in [0.15, 0.2) is 27.4 Å². The zero-order valence-corrected chi connectivity index (χ0v) is 7.96. The molecule has 0 N–H and O–H groups in total. The van der Waals surface area contributed by atoms with Gasteiger partial charge in [-0.15, -0.1) is 0 Å². The van der Waals surface area contributed by atoms with Crippen LogP contribution in [0.5, 0.6) is 5.75 Å². The lowest BCUT2D eigenvalue weighted by Gasteiger charge is -1.96. The van der Waals surface area contributed by atoms with Crippen LogP contribution in [-0.2, 0) is 0 Å². The molecule has 0 saturated carbocycles.